The zero-order valence-corrected chi connectivity index (χ0v) is 12.5. The molecule has 1 amide bonds. The van der Waals surface area contributed by atoms with Crippen LogP contribution in [0.2, 0.25) is 5.02 Å². The van der Waals surface area contributed by atoms with Gasteiger partial charge in [0.05, 0.1) is 16.3 Å². The third-order valence-electron chi connectivity index (χ3n) is 2.68. The maximum Gasteiger partial charge on any atom is 0.257 e. The Bertz CT molecular complexity index is 643. The molecule has 0 aliphatic carbocycles. The maximum atomic E-state index is 12.2. The van der Waals surface area contributed by atoms with Gasteiger partial charge in [-0.25, -0.2) is 0 Å². The number of carbonyl (C=O) groups excluding carboxylic acids is 1. The zero-order valence-electron chi connectivity index (χ0n) is 10.2. The van der Waals surface area contributed by atoms with Crippen LogP contribution in [0.3, 0.4) is 0 Å². The highest BCUT2D eigenvalue weighted by atomic mass is 79.9. The summed E-state index contributed by atoms with van der Waals surface area (Å²) in [4.78, 5) is 12.2. The van der Waals surface area contributed by atoms with E-state index in [1.165, 1.54) is 0 Å². The minimum atomic E-state index is -0.264. The molecule has 0 saturated carbocycles. The number of hydrogen-bond donors (Lipinski definition) is 2. The molecule has 0 saturated heterocycles. The van der Waals surface area contributed by atoms with Gasteiger partial charge in [-0.3, -0.25) is 4.79 Å². The molecule has 0 aromatic heterocycles. The molecule has 0 atom stereocenters. The Kier molecular flexibility index (Phi) is 4.12. The Morgan fingerprint density at radius 3 is 2.79 bits per heavy atom. The standard InChI is InChI=1S/C14H12BrClN2O/c1-8-3-2-4-10(13(8)16)14(19)18-12-7-9(17)5-6-11(12)15/h2-7H,17H2,1H3,(H,18,19). The molecule has 0 fully saturated rings. The van der Waals surface area contributed by atoms with E-state index in [1.807, 2.05) is 13.0 Å². The maximum absolute atomic E-state index is 12.2. The second-order valence-electron chi connectivity index (χ2n) is 4.13. The molecule has 0 radical (unpaired) electrons. The second kappa shape index (κ2) is 5.63. The number of nitrogen functional groups attached to an aromatic ring is 1. The van der Waals surface area contributed by atoms with E-state index in [9.17, 15) is 4.79 Å². The fourth-order valence-electron chi connectivity index (χ4n) is 1.65. The van der Waals surface area contributed by atoms with Crippen molar-refractivity contribution in [1.29, 1.82) is 0 Å². The molecule has 3 N–H and O–H groups in total. The minimum Gasteiger partial charge on any atom is -0.399 e. The number of carbonyl (C=O) groups is 1. The third kappa shape index (κ3) is 3.08. The summed E-state index contributed by atoms with van der Waals surface area (Å²) in [6.07, 6.45) is 0. The third-order valence-corrected chi connectivity index (χ3v) is 3.87. The Balaban J connectivity index is 2.31. The van der Waals surface area contributed by atoms with Crippen molar-refractivity contribution in [2.75, 3.05) is 11.1 Å². The molecule has 5 heteroatoms. The summed E-state index contributed by atoms with van der Waals surface area (Å²) in [5, 5.41) is 3.24. The van der Waals surface area contributed by atoms with E-state index in [0.29, 0.717) is 22.0 Å². The summed E-state index contributed by atoms with van der Waals surface area (Å²) in [7, 11) is 0. The number of benzene rings is 2. The van der Waals surface area contributed by atoms with Gasteiger partial charge in [-0.15, -0.1) is 0 Å². The van der Waals surface area contributed by atoms with Gasteiger partial charge >= 0.3 is 0 Å². The second-order valence-corrected chi connectivity index (χ2v) is 5.36. The van der Waals surface area contributed by atoms with Gasteiger partial charge in [-0.05, 0) is 52.7 Å². The Hall–Kier alpha value is -1.52. The van der Waals surface area contributed by atoms with Gasteiger partial charge in [-0.2, -0.15) is 0 Å². The zero-order chi connectivity index (χ0) is 14.0. The molecule has 0 aliphatic heterocycles. The minimum absolute atomic E-state index is 0.264. The SMILES string of the molecule is Cc1cccc(C(=O)Nc2cc(N)ccc2Br)c1Cl. The Morgan fingerprint density at radius 1 is 1.32 bits per heavy atom. The number of hydrogen-bond acceptors (Lipinski definition) is 2. The van der Waals surface area contributed by atoms with Gasteiger partial charge in [0.2, 0.25) is 0 Å². The number of anilines is 2. The number of aryl methyl sites for hydroxylation is 1. The molecule has 2 rings (SSSR count). The summed E-state index contributed by atoms with van der Waals surface area (Å²) >= 11 is 9.49. The molecule has 2 aromatic carbocycles. The van der Waals surface area contributed by atoms with Crippen LogP contribution in [0.15, 0.2) is 40.9 Å². The first kappa shape index (κ1) is 13.9. The predicted molar refractivity (Wildman–Crippen MR) is 82.7 cm³/mol. The van der Waals surface area contributed by atoms with Crippen molar-refractivity contribution < 1.29 is 4.79 Å². The van der Waals surface area contributed by atoms with Crippen molar-refractivity contribution in [3.8, 4) is 0 Å². The first-order valence-corrected chi connectivity index (χ1v) is 6.77. The molecule has 0 unspecified atom stereocenters. The smallest absolute Gasteiger partial charge is 0.257 e. The molecule has 3 nitrogen and oxygen atoms in total. The summed E-state index contributed by atoms with van der Waals surface area (Å²) in [6, 6.07) is 10.6. The summed E-state index contributed by atoms with van der Waals surface area (Å²) in [6.45, 7) is 1.86. The first-order chi connectivity index (χ1) is 8.99. The molecule has 98 valence electrons. The van der Waals surface area contributed by atoms with Gasteiger partial charge in [0.15, 0.2) is 0 Å². The quantitative estimate of drug-likeness (QED) is 0.804. The van der Waals surface area contributed by atoms with Crippen molar-refractivity contribution in [3.63, 3.8) is 0 Å². The summed E-state index contributed by atoms with van der Waals surface area (Å²) in [5.74, 6) is -0.264. The lowest BCUT2D eigenvalue weighted by atomic mass is 10.1. The molecule has 19 heavy (non-hydrogen) atoms. The van der Waals surface area contributed by atoms with Crippen molar-refractivity contribution in [3.05, 3.63) is 57.0 Å². The fraction of sp³-hybridized carbons (Fsp3) is 0.0714. The number of halogens is 2. The van der Waals surface area contributed by atoms with Gasteiger partial charge in [0, 0.05) is 10.2 Å². The largest absolute Gasteiger partial charge is 0.399 e. The van der Waals surface area contributed by atoms with E-state index in [1.54, 1.807) is 30.3 Å². The fourth-order valence-corrected chi connectivity index (χ4v) is 2.21. The van der Waals surface area contributed by atoms with E-state index in [0.717, 1.165) is 10.0 Å². The number of rotatable bonds is 2. The van der Waals surface area contributed by atoms with E-state index >= 15 is 0 Å². The van der Waals surface area contributed by atoms with Crippen LogP contribution >= 0.6 is 27.5 Å². The van der Waals surface area contributed by atoms with Gasteiger partial charge in [-0.1, -0.05) is 23.7 Å². The van der Waals surface area contributed by atoms with Gasteiger partial charge in [0.25, 0.3) is 5.91 Å². The van der Waals surface area contributed by atoms with Gasteiger partial charge in [0.1, 0.15) is 0 Å². The van der Waals surface area contributed by atoms with Crippen LogP contribution in [-0.2, 0) is 0 Å². The highest BCUT2D eigenvalue weighted by Crippen LogP contribution is 2.27. The van der Waals surface area contributed by atoms with Crippen molar-refractivity contribution in [2.45, 2.75) is 6.92 Å². The highest BCUT2D eigenvalue weighted by Gasteiger charge is 2.13. The number of amides is 1. The molecule has 0 bridgehead atoms. The molecule has 0 aliphatic rings. The Morgan fingerprint density at radius 2 is 2.05 bits per heavy atom. The molecular weight excluding hydrogens is 328 g/mol. The lowest BCUT2D eigenvalue weighted by molar-refractivity contribution is 0.102. The Labute approximate surface area is 124 Å². The average molecular weight is 340 g/mol. The van der Waals surface area contributed by atoms with E-state index in [2.05, 4.69) is 21.2 Å². The molecular formula is C14H12BrClN2O. The first-order valence-electron chi connectivity index (χ1n) is 5.60. The van der Waals surface area contributed by atoms with E-state index < -0.39 is 0 Å². The van der Waals surface area contributed by atoms with Crippen LogP contribution in [0, 0.1) is 6.92 Å². The average Bonchev–Trinajstić information content (AvgIpc) is 2.37. The topological polar surface area (TPSA) is 55.1 Å². The summed E-state index contributed by atoms with van der Waals surface area (Å²) in [5.41, 5.74) is 8.19. The van der Waals surface area contributed by atoms with Crippen LogP contribution in [0.1, 0.15) is 15.9 Å². The van der Waals surface area contributed by atoms with Crippen molar-refractivity contribution >= 4 is 44.8 Å². The van der Waals surface area contributed by atoms with Crippen LogP contribution in [0.5, 0.6) is 0 Å². The van der Waals surface area contributed by atoms with E-state index in [4.69, 9.17) is 17.3 Å². The monoisotopic (exact) mass is 338 g/mol. The van der Waals surface area contributed by atoms with Crippen LogP contribution < -0.4 is 11.1 Å². The molecule has 2 aromatic rings. The predicted octanol–water partition coefficient (Wildman–Crippen LogP) is 4.25. The van der Waals surface area contributed by atoms with Crippen molar-refractivity contribution in [1.82, 2.24) is 0 Å². The van der Waals surface area contributed by atoms with E-state index in [-0.39, 0.29) is 5.91 Å². The van der Waals surface area contributed by atoms with Gasteiger partial charge < -0.3 is 11.1 Å². The van der Waals surface area contributed by atoms with Crippen LogP contribution in [0.25, 0.3) is 0 Å². The lowest BCUT2D eigenvalue weighted by Gasteiger charge is -2.10. The number of nitrogens with one attached hydrogen (secondary N) is 1. The van der Waals surface area contributed by atoms with Crippen LogP contribution in [-0.4, -0.2) is 5.91 Å². The molecule has 0 heterocycles. The summed E-state index contributed by atoms with van der Waals surface area (Å²) < 4.78 is 0.763. The highest BCUT2D eigenvalue weighted by molar-refractivity contribution is 9.10. The lowest BCUT2D eigenvalue weighted by Crippen LogP contribution is -2.13. The van der Waals surface area contributed by atoms with Crippen LogP contribution in [0.4, 0.5) is 11.4 Å². The number of nitrogens with two attached hydrogens (primary N) is 1. The normalized spacial score (nSPS) is 10.3. The van der Waals surface area contributed by atoms with Crippen molar-refractivity contribution in [2.24, 2.45) is 0 Å². The molecule has 0 spiro atoms.